The number of rotatable bonds is 8. The first kappa shape index (κ1) is 17.4. The maximum absolute atomic E-state index is 11.4. The number of nitrogens with zero attached hydrogens (tertiary/aromatic N) is 1. The van der Waals surface area contributed by atoms with Crippen molar-refractivity contribution in [1.29, 1.82) is 0 Å². The van der Waals surface area contributed by atoms with Gasteiger partial charge in [0.2, 0.25) is 0 Å². The number of carbonyl (C=O) groups is 1. The fraction of sp³-hybridized carbons (Fsp3) is 0.933. The van der Waals surface area contributed by atoms with Gasteiger partial charge in [0, 0.05) is 32.1 Å². The molecule has 1 saturated heterocycles. The van der Waals surface area contributed by atoms with Crippen LogP contribution < -0.4 is 5.32 Å². The lowest BCUT2D eigenvalue weighted by molar-refractivity contribution is -0.142. The number of β-amino-alcohol motifs (C(OH)–C–C–N with tert-alkyl or cyclic N) is 1. The van der Waals surface area contributed by atoms with E-state index in [0.717, 1.165) is 32.5 Å². The van der Waals surface area contributed by atoms with Crippen LogP contribution in [0, 0.1) is 11.8 Å². The summed E-state index contributed by atoms with van der Waals surface area (Å²) in [6.45, 7) is 8.14. The number of esters is 1. The maximum atomic E-state index is 11.4. The van der Waals surface area contributed by atoms with Gasteiger partial charge in [-0.1, -0.05) is 13.8 Å². The lowest BCUT2D eigenvalue weighted by Gasteiger charge is -2.37. The summed E-state index contributed by atoms with van der Waals surface area (Å²) >= 11 is 0. The summed E-state index contributed by atoms with van der Waals surface area (Å²) in [4.78, 5) is 13.7. The van der Waals surface area contributed by atoms with Crippen molar-refractivity contribution < 1.29 is 14.6 Å². The van der Waals surface area contributed by atoms with Gasteiger partial charge in [0.05, 0.1) is 13.7 Å². The van der Waals surface area contributed by atoms with Crippen molar-refractivity contribution in [3.05, 3.63) is 0 Å². The third-order valence-corrected chi connectivity index (χ3v) is 3.87. The van der Waals surface area contributed by atoms with Gasteiger partial charge in [-0.05, 0) is 31.2 Å². The van der Waals surface area contributed by atoms with Gasteiger partial charge in [0.15, 0.2) is 0 Å². The highest BCUT2D eigenvalue weighted by atomic mass is 16.5. The SMILES string of the molecule is COC(=O)CC1CC(NCCC(C)C)CN(CCO)C1. The highest BCUT2D eigenvalue weighted by Crippen LogP contribution is 2.20. The summed E-state index contributed by atoms with van der Waals surface area (Å²) in [5, 5.41) is 12.7. The number of piperidine rings is 1. The van der Waals surface area contributed by atoms with Crippen LogP contribution in [0.25, 0.3) is 0 Å². The fourth-order valence-electron chi connectivity index (χ4n) is 2.82. The fourth-order valence-corrected chi connectivity index (χ4v) is 2.82. The molecule has 5 heteroatoms. The Morgan fingerprint density at radius 2 is 2.20 bits per heavy atom. The first-order valence-electron chi connectivity index (χ1n) is 7.68. The molecular formula is C15H30N2O3. The molecule has 0 aromatic heterocycles. The Balaban J connectivity index is 2.45. The standard InChI is InChI=1S/C15H30N2O3/c1-12(2)4-5-16-14-8-13(9-15(19)20-3)10-17(11-14)6-7-18/h12-14,16,18H,4-11H2,1-3H3. The Hall–Kier alpha value is -0.650. The molecule has 5 nitrogen and oxygen atoms in total. The van der Waals surface area contributed by atoms with Crippen LogP contribution in [0.2, 0.25) is 0 Å². The molecule has 2 N–H and O–H groups in total. The van der Waals surface area contributed by atoms with Crippen LogP contribution in [-0.2, 0) is 9.53 Å². The van der Waals surface area contributed by atoms with Gasteiger partial charge in [-0.3, -0.25) is 9.69 Å². The molecule has 20 heavy (non-hydrogen) atoms. The Morgan fingerprint density at radius 3 is 2.80 bits per heavy atom. The van der Waals surface area contributed by atoms with Crippen LogP contribution in [-0.4, -0.2) is 61.9 Å². The van der Waals surface area contributed by atoms with Crippen LogP contribution in [0.15, 0.2) is 0 Å². The van der Waals surface area contributed by atoms with Crippen LogP contribution in [0.1, 0.15) is 33.1 Å². The normalized spacial score (nSPS) is 24.1. The number of aliphatic hydroxyl groups is 1. The molecule has 0 aliphatic carbocycles. The minimum atomic E-state index is -0.137. The van der Waals surface area contributed by atoms with E-state index in [-0.39, 0.29) is 12.6 Å². The first-order chi connectivity index (χ1) is 9.55. The Bertz CT molecular complexity index is 284. The number of hydrogen-bond donors (Lipinski definition) is 2. The summed E-state index contributed by atoms with van der Waals surface area (Å²) in [7, 11) is 1.44. The molecular weight excluding hydrogens is 256 g/mol. The molecule has 0 amide bonds. The number of hydrogen-bond acceptors (Lipinski definition) is 5. The van der Waals surface area contributed by atoms with Crippen molar-refractivity contribution >= 4 is 5.97 Å². The molecule has 1 fully saturated rings. The number of carbonyl (C=O) groups excluding carboxylic acids is 1. The number of methoxy groups -OCH3 is 1. The van der Waals surface area contributed by atoms with E-state index in [1.54, 1.807) is 0 Å². The largest absolute Gasteiger partial charge is 0.469 e. The van der Waals surface area contributed by atoms with Crippen molar-refractivity contribution in [3.63, 3.8) is 0 Å². The second-order valence-corrected chi connectivity index (χ2v) is 6.20. The first-order valence-corrected chi connectivity index (χ1v) is 7.68. The predicted octanol–water partition coefficient (Wildman–Crippen LogP) is 0.868. The van der Waals surface area contributed by atoms with Gasteiger partial charge >= 0.3 is 5.97 Å². The van der Waals surface area contributed by atoms with Crippen LogP contribution in [0.5, 0.6) is 0 Å². The van der Waals surface area contributed by atoms with Crippen LogP contribution >= 0.6 is 0 Å². The average Bonchev–Trinajstić information content (AvgIpc) is 2.38. The minimum Gasteiger partial charge on any atom is -0.469 e. The van der Waals surface area contributed by atoms with Gasteiger partial charge in [-0.2, -0.15) is 0 Å². The van der Waals surface area contributed by atoms with E-state index in [1.807, 2.05) is 0 Å². The van der Waals surface area contributed by atoms with E-state index in [2.05, 4.69) is 24.1 Å². The quantitative estimate of drug-likeness (QED) is 0.648. The number of aliphatic hydroxyl groups excluding tert-OH is 1. The zero-order chi connectivity index (χ0) is 15.0. The van der Waals surface area contributed by atoms with E-state index in [9.17, 15) is 4.79 Å². The van der Waals surface area contributed by atoms with Gasteiger partial charge in [0.1, 0.15) is 0 Å². The van der Waals surface area contributed by atoms with E-state index in [0.29, 0.717) is 30.8 Å². The van der Waals surface area contributed by atoms with Crippen LogP contribution in [0.4, 0.5) is 0 Å². The smallest absolute Gasteiger partial charge is 0.305 e. The Morgan fingerprint density at radius 1 is 1.45 bits per heavy atom. The van der Waals surface area contributed by atoms with Gasteiger partial charge in [0.25, 0.3) is 0 Å². The zero-order valence-corrected chi connectivity index (χ0v) is 13.1. The monoisotopic (exact) mass is 286 g/mol. The highest BCUT2D eigenvalue weighted by Gasteiger charge is 2.28. The third-order valence-electron chi connectivity index (χ3n) is 3.87. The molecule has 1 aliphatic heterocycles. The Labute approximate surface area is 122 Å². The Kier molecular flexibility index (Phi) is 8.11. The maximum Gasteiger partial charge on any atom is 0.305 e. The summed E-state index contributed by atoms with van der Waals surface area (Å²) in [5.74, 6) is 0.881. The van der Waals surface area contributed by atoms with E-state index in [1.165, 1.54) is 7.11 Å². The molecule has 2 atom stereocenters. The van der Waals surface area contributed by atoms with Crippen molar-refractivity contribution in [2.75, 3.05) is 39.9 Å². The summed E-state index contributed by atoms with van der Waals surface area (Å²) in [5.41, 5.74) is 0. The second-order valence-electron chi connectivity index (χ2n) is 6.20. The third kappa shape index (κ3) is 6.68. The van der Waals surface area contributed by atoms with E-state index >= 15 is 0 Å². The molecule has 1 heterocycles. The van der Waals surface area contributed by atoms with Gasteiger partial charge < -0.3 is 15.2 Å². The number of likely N-dealkylation sites (tertiary alicyclic amines) is 1. The molecule has 0 saturated carbocycles. The lowest BCUT2D eigenvalue weighted by atomic mass is 9.91. The highest BCUT2D eigenvalue weighted by molar-refractivity contribution is 5.69. The van der Waals surface area contributed by atoms with E-state index < -0.39 is 0 Å². The molecule has 2 unspecified atom stereocenters. The second kappa shape index (κ2) is 9.32. The summed E-state index contributed by atoms with van der Waals surface area (Å²) in [6.07, 6.45) is 2.65. The van der Waals surface area contributed by atoms with Crippen molar-refractivity contribution in [2.24, 2.45) is 11.8 Å². The molecule has 0 radical (unpaired) electrons. The lowest BCUT2D eigenvalue weighted by Crippen LogP contribution is -2.50. The number of nitrogens with one attached hydrogen (secondary N) is 1. The summed E-state index contributed by atoms with van der Waals surface area (Å²) < 4.78 is 4.77. The molecule has 118 valence electrons. The molecule has 0 aromatic rings. The van der Waals surface area contributed by atoms with Crippen molar-refractivity contribution in [3.8, 4) is 0 Å². The molecule has 1 aliphatic rings. The van der Waals surface area contributed by atoms with Crippen LogP contribution in [0.3, 0.4) is 0 Å². The minimum absolute atomic E-state index is 0.137. The van der Waals surface area contributed by atoms with Gasteiger partial charge in [-0.25, -0.2) is 0 Å². The summed E-state index contributed by atoms with van der Waals surface area (Å²) in [6, 6.07) is 0.406. The predicted molar refractivity (Wildman–Crippen MR) is 79.5 cm³/mol. The molecule has 0 bridgehead atoms. The van der Waals surface area contributed by atoms with Crippen molar-refractivity contribution in [2.45, 2.75) is 39.2 Å². The molecule has 0 spiro atoms. The van der Waals surface area contributed by atoms with Crippen molar-refractivity contribution in [1.82, 2.24) is 10.2 Å². The van der Waals surface area contributed by atoms with Gasteiger partial charge in [-0.15, -0.1) is 0 Å². The zero-order valence-electron chi connectivity index (χ0n) is 13.1. The molecule has 0 aromatic carbocycles. The average molecular weight is 286 g/mol. The number of ether oxygens (including phenoxy) is 1. The van der Waals surface area contributed by atoms with E-state index in [4.69, 9.17) is 9.84 Å². The molecule has 1 rings (SSSR count). The topological polar surface area (TPSA) is 61.8 Å².